The number of rotatable bonds is 3. The molecule has 21 heavy (non-hydrogen) atoms. The van der Waals surface area contributed by atoms with Crippen LogP contribution in [0.15, 0.2) is 18.2 Å². The Balaban J connectivity index is 1.81. The lowest BCUT2D eigenvalue weighted by molar-refractivity contribution is -0.143. The van der Waals surface area contributed by atoms with E-state index in [2.05, 4.69) is 0 Å². The number of piperidine rings is 1. The van der Waals surface area contributed by atoms with Crippen molar-refractivity contribution in [3.8, 4) is 0 Å². The standard InChI is InChI=1S/C15H15ClN2O2S/c1-15(2)10-11(15)14(20)18(13(10)19)6-8-4-3-7(12(17)21)5-9(8)16/h3-5,10-11H,6H2,1-2H3,(H2,17,21). The van der Waals surface area contributed by atoms with E-state index < -0.39 is 0 Å². The van der Waals surface area contributed by atoms with Gasteiger partial charge in [-0.2, -0.15) is 0 Å². The summed E-state index contributed by atoms with van der Waals surface area (Å²) in [7, 11) is 0. The molecular formula is C15H15ClN2O2S. The minimum absolute atomic E-state index is 0.0931. The first-order valence-corrected chi connectivity index (χ1v) is 7.47. The van der Waals surface area contributed by atoms with E-state index in [1.807, 2.05) is 13.8 Å². The number of amides is 2. The van der Waals surface area contributed by atoms with E-state index in [1.54, 1.807) is 18.2 Å². The van der Waals surface area contributed by atoms with Crippen LogP contribution in [-0.2, 0) is 16.1 Å². The molecule has 0 spiro atoms. The Kier molecular flexibility index (Phi) is 3.11. The van der Waals surface area contributed by atoms with Crippen LogP contribution >= 0.6 is 23.8 Å². The average Bonchev–Trinajstić information content (AvgIpc) is 2.87. The third-order valence-corrected chi connectivity index (χ3v) is 5.15. The van der Waals surface area contributed by atoms with Gasteiger partial charge in [-0.25, -0.2) is 0 Å². The smallest absolute Gasteiger partial charge is 0.233 e. The highest BCUT2D eigenvalue weighted by molar-refractivity contribution is 7.80. The van der Waals surface area contributed by atoms with E-state index in [9.17, 15) is 9.59 Å². The van der Waals surface area contributed by atoms with Gasteiger partial charge in [0.05, 0.1) is 18.4 Å². The molecule has 1 aliphatic carbocycles. The SMILES string of the molecule is CC1(C)C2C(=O)N(Cc3ccc(C(N)=S)cc3Cl)C(=O)C21. The van der Waals surface area contributed by atoms with E-state index in [1.165, 1.54) is 4.90 Å². The van der Waals surface area contributed by atoms with Gasteiger partial charge < -0.3 is 5.73 Å². The number of nitrogens with zero attached hydrogens (tertiary/aromatic N) is 1. The number of hydrogen-bond donors (Lipinski definition) is 1. The molecule has 0 bridgehead atoms. The van der Waals surface area contributed by atoms with Crippen LogP contribution in [0.3, 0.4) is 0 Å². The van der Waals surface area contributed by atoms with Crippen LogP contribution in [-0.4, -0.2) is 21.7 Å². The van der Waals surface area contributed by atoms with Crippen molar-refractivity contribution in [3.63, 3.8) is 0 Å². The first kappa shape index (κ1) is 14.5. The van der Waals surface area contributed by atoms with Crippen LogP contribution in [0.2, 0.25) is 5.02 Å². The summed E-state index contributed by atoms with van der Waals surface area (Å²) < 4.78 is 0. The minimum Gasteiger partial charge on any atom is -0.389 e. The van der Waals surface area contributed by atoms with Gasteiger partial charge in [-0.05, 0) is 17.0 Å². The van der Waals surface area contributed by atoms with Crippen molar-refractivity contribution in [3.05, 3.63) is 34.3 Å². The van der Waals surface area contributed by atoms with Crippen LogP contribution in [0.5, 0.6) is 0 Å². The predicted molar refractivity (Wildman–Crippen MR) is 83.7 cm³/mol. The topological polar surface area (TPSA) is 63.4 Å². The number of imide groups is 1. The maximum absolute atomic E-state index is 12.3. The second-order valence-corrected chi connectivity index (χ2v) is 7.06. The number of nitrogens with two attached hydrogens (primary N) is 1. The van der Waals surface area contributed by atoms with Gasteiger partial charge in [-0.15, -0.1) is 0 Å². The van der Waals surface area contributed by atoms with Gasteiger partial charge in [0, 0.05) is 10.6 Å². The van der Waals surface area contributed by atoms with Gasteiger partial charge in [-0.1, -0.05) is 49.8 Å². The summed E-state index contributed by atoms with van der Waals surface area (Å²) in [6.07, 6.45) is 0. The fourth-order valence-corrected chi connectivity index (χ4v) is 3.53. The number of thiocarbonyl (C=S) groups is 1. The Morgan fingerprint density at radius 2 is 1.90 bits per heavy atom. The average molecular weight is 323 g/mol. The third kappa shape index (κ3) is 2.07. The van der Waals surface area contributed by atoms with Crippen molar-refractivity contribution in [2.45, 2.75) is 20.4 Å². The Hall–Kier alpha value is -1.46. The van der Waals surface area contributed by atoms with Gasteiger partial charge in [0.1, 0.15) is 4.99 Å². The molecule has 6 heteroatoms. The van der Waals surface area contributed by atoms with Gasteiger partial charge in [0.15, 0.2) is 0 Å². The molecule has 2 atom stereocenters. The van der Waals surface area contributed by atoms with Crippen molar-refractivity contribution in [2.75, 3.05) is 0 Å². The van der Waals surface area contributed by atoms with Crippen molar-refractivity contribution >= 4 is 40.6 Å². The van der Waals surface area contributed by atoms with Gasteiger partial charge >= 0.3 is 0 Å². The molecular weight excluding hydrogens is 308 g/mol. The molecule has 2 unspecified atom stereocenters. The molecule has 2 N–H and O–H groups in total. The highest BCUT2D eigenvalue weighted by Crippen LogP contribution is 2.63. The third-order valence-electron chi connectivity index (χ3n) is 4.56. The summed E-state index contributed by atoms with van der Waals surface area (Å²) in [4.78, 5) is 26.1. The van der Waals surface area contributed by atoms with E-state index in [4.69, 9.17) is 29.6 Å². The van der Waals surface area contributed by atoms with Crippen LogP contribution in [0.4, 0.5) is 0 Å². The first-order valence-electron chi connectivity index (χ1n) is 6.68. The van der Waals surface area contributed by atoms with Crippen LogP contribution in [0, 0.1) is 17.3 Å². The summed E-state index contributed by atoms with van der Waals surface area (Å²) in [6, 6.07) is 5.17. The predicted octanol–water partition coefficient (Wildman–Crippen LogP) is 2.12. The number of carbonyl (C=O) groups is 2. The van der Waals surface area contributed by atoms with E-state index >= 15 is 0 Å². The summed E-state index contributed by atoms with van der Waals surface area (Å²) in [5, 5.41) is 0.459. The molecule has 1 heterocycles. The molecule has 0 aromatic heterocycles. The lowest BCUT2D eigenvalue weighted by Crippen LogP contribution is -2.35. The number of halogens is 1. The highest BCUT2D eigenvalue weighted by Gasteiger charge is 2.72. The summed E-state index contributed by atoms with van der Waals surface area (Å²) in [5.74, 6) is -0.520. The molecule has 1 saturated carbocycles. The molecule has 0 radical (unpaired) electrons. The molecule has 2 aliphatic rings. The Morgan fingerprint density at radius 1 is 1.33 bits per heavy atom. The van der Waals surface area contributed by atoms with Gasteiger partial charge in [-0.3, -0.25) is 14.5 Å². The Morgan fingerprint density at radius 3 is 2.38 bits per heavy atom. The number of benzene rings is 1. The van der Waals surface area contributed by atoms with Gasteiger partial charge in [0.25, 0.3) is 0 Å². The maximum atomic E-state index is 12.3. The lowest BCUT2D eigenvalue weighted by Gasteiger charge is -2.21. The van der Waals surface area contributed by atoms with Crippen molar-refractivity contribution in [1.82, 2.24) is 4.90 Å². The van der Waals surface area contributed by atoms with Gasteiger partial charge in [0.2, 0.25) is 11.8 Å². The molecule has 1 aliphatic heterocycles. The molecule has 110 valence electrons. The number of likely N-dealkylation sites (tertiary alicyclic amines) is 1. The molecule has 1 aromatic carbocycles. The molecule has 3 rings (SSSR count). The second kappa shape index (κ2) is 4.52. The van der Waals surface area contributed by atoms with Crippen molar-refractivity contribution in [2.24, 2.45) is 23.0 Å². The monoisotopic (exact) mass is 322 g/mol. The quantitative estimate of drug-likeness (QED) is 0.684. The zero-order valence-electron chi connectivity index (χ0n) is 11.7. The maximum Gasteiger partial charge on any atom is 0.233 e. The highest BCUT2D eigenvalue weighted by atomic mass is 35.5. The number of fused-ring (bicyclic) bond motifs is 1. The molecule has 4 nitrogen and oxygen atoms in total. The number of hydrogen-bond acceptors (Lipinski definition) is 3. The van der Waals surface area contributed by atoms with E-state index in [0.717, 1.165) is 5.56 Å². The first-order chi connectivity index (χ1) is 9.75. The van der Waals surface area contributed by atoms with Crippen LogP contribution in [0.1, 0.15) is 25.0 Å². The fraction of sp³-hybridized carbons (Fsp3) is 0.400. The Labute approximate surface area is 133 Å². The zero-order valence-corrected chi connectivity index (χ0v) is 13.3. The zero-order chi connectivity index (χ0) is 15.5. The number of carbonyl (C=O) groups excluding carboxylic acids is 2. The molecule has 2 amide bonds. The van der Waals surface area contributed by atoms with E-state index in [-0.39, 0.29) is 40.6 Å². The van der Waals surface area contributed by atoms with E-state index in [0.29, 0.717) is 10.6 Å². The van der Waals surface area contributed by atoms with Crippen molar-refractivity contribution in [1.29, 1.82) is 0 Å². The molecule has 2 fully saturated rings. The minimum atomic E-state index is -0.190. The summed E-state index contributed by atoms with van der Waals surface area (Å²) in [5.41, 5.74) is 6.75. The van der Waals surface area contributed by atoms with Crippen molar-refractivity contribution < 1.29 is 9.59 Å². The normalized spacial score (nSPS) is 26.0. The molecule has 1 saturated heterocycles. The summed E-state index contributed by atoms with van der Waals surface area (Å²) >= 11 is 11.1. The summed E-state index contributed by atoms with van der Waals surface area (Å²) in [6.45, 7) is 4.12. The second-order valence-electron chi connectivity index (χ2n) is 6.21. The van der Waals surface area contributed by atoms with Crippen LogP contribution < -0.4 is 5.73 Å². The fourth-order valence-electron chi connectivity index (χ4n) is 3.16. The van der Waals surface area contributed by atoms with Crippen LogP contribution in [0.25, 0.3) is 0 Å². The lowest BCUT2D eigenvalue weighted by atomic mass is 10.0. The largest absolute Gasteiger partial charge is 0.389 e. The Bertz CT molecular complexity index is 662. The molecule has 1 aromatic rings.